The van der Waals surface area contributed by atoms with Crippen LogP contribution in [0.15, 0.2) is 73.3 Å². The number of nitrogens with one attached hydrogen (secondary N) is 1. The maximum absolute atomic E-state index is 12.5. The predicted octanol–water partition coefficient (Wildman–Crippen LogP) is 3.25. The minimum absolute atomic E-state index is 0.195. The lowest BCUT2D eigenvalue weighted by Gasteiger charge is -2.45. The van der Waals surface area contributed by atoms with Gasteiger partial charge in [0.2, 0.25) is 5.91 Å². The van der Waals surface area contributed by atoms with E-state index in [9.17, 15) is 9.59 Å². The van der Waals surface area contributed by atoms with E-state index in [1.54, 1.807) is 6.08 Å². The van der Waals surface area contributed by atoms with Crippen LogP contribution >= 0.6 is 0 Å². The Kier molecular flexibility index (Phi) is 8.61. The van der Waals surface area contributed by atoms with Crippen molar-refractivity contribution in [3.63, 3.8) is 0 Å². The van der Waals surface area contributed by atoms with E-state index in [1.165, 1.54) is 6.92 Å². The largest absolute Gasteiger partial charge is 0.424 e. The van der Waals surface area contributed by atoms with Crippen LogP contribution in [0.5, 0.6) is 0 Å². The minimum atomic E-state index is -3.18. The second kappa shape index (κ2) is 11.4. The number of ether oxygens (including phenoxy) is 4. The van der Waals surface area contributed by atoms with Crippen molar-refractivity contribution >= 4 is 24.6 Å². The Morgan fingerprint density at radius 2 is 1.63 bits per heavy atom. The summed E-state index contributed by atoms with van der Waals surface area (Å²) in [6.07, 6.45) is 1.03. The van der Waals surface area contributed by atoms with Crippen molar-refractivity contribution in [3.8, 4) is 0 Å². The summed E-state index contributed by atoms with van der Waals surface area (Å²) in [5.41, 5.74) is 0. The first-order valence-electron chi connectivity index (χ1n) is 13.3. The average molecular weight is 540 g/mol. The van der Waals surface area contributed by atoms with Crippen LogP contribution in [0.3, 0.4) is 0 Å². The molecule has 5 unspecified atom stereocenters. The molecule has 2 aromatic rings. The van der Waals surface area contributed by atoms with Gasteiger partial charge in [0.25, 0.3) is 8.32 Å². The highest BCUT2D eigenvalue weighted by molar-refractivity contribution is 6.98. The quantitative estimate of drug-likeness (QED) is 0.356. The highest BCUT2D eigenvalue weighted by Gasteiger charge is 2.57. The molecule has 0 aromatic heterocycles. The van der Waals surface area contributed by atoms with E-state index < -0.39 is 43.7 Å². The molecule has 7 nitrogen and oxygen atoms in total. The molecule has 2 aliphatic heterocycles. The molecule has 0 saturated carbocycles. The molecule has 0 bridgehead atoms. The van der Waals surface area contributed by atoms with Crippen molar-refractivity contribution < 1.29 is 28.5 Å². The normalized spacial score (nSPS) is 26.9. The maximum Gasteiger partial charge on any atom is 0.258 e. The Hall–Kier alpha value is -2.33. The topological polar surface area (TPSA) is 86.2 Å². The summed E-state index contributed by atoms with van der Waals surface area (Å²) >= 11 is 0. The van der Waals surface area contributed by atoms with E-state index in [0.717, 1.165) is 10.4 Å². The van der Waals surface area contributed by atoms with Crippen LogP contribution in [0, 0.1) is 0 Å². The molecule has 8 heteroatoms. The Morgan fingerprint density at radius 3 is 2.16 bits per heavy atom. The molecule has 38 heavy (non-hydrogen) atoms. The van der Waals surface area contributed by atoms with Crippen LogP contribution in [0.4, 0.5) is 0 Å². The zero-order valence-corrected chi connectivity index (χ0v) is 24.1. The molecule has 2 saturated heterocycles. The zero-order valence-electron chi connectivity index (χ0n) is 23.1. The van der Waals surface area contributed by atoms with Gasteiger partial charge in [-0.25, -0.2) is 0 Å². The minimum Gasteiger partial charge on any atom is -0.424 e. The van der Waals surface area contributed by atoms with Crippen molar-refractivity contribution in [2.24, 2.45) is 0 Å². The molecule has 2 fully saturated rings. The van der Waals surface area contributed by atoms with Gasteiger partial charge >= 0.3 is 0 Å². The Bertz CT molecular complexity index is 1050. The van der Waals surface area contributed by atoms with Crippen molar-refractivity contribution in [1.29, 1.82) is 0 Å². The monoisotopic (exact) mass is 539 g/mol. The van der Waals surface area contributed by atoms with Crippen LogP contribution < -0.4 is 15.7 Å². The second-order valence-electron chi connectivity index (χ2n) is 11.3. The SMILES string of the molecule is C=CCOC1OC(CCC(C)(C)[Si](O)(c2ccccc2)c2ccccc2)C2OC(C)(C)OC2C1NC(C)=O. The van der Waals surface area contributed by atoms with Gasteiger partial charge in [-0.1, -0.05) is 80.6 Å². The Morgan fingerprint density at radius 1 is 1.08 bits per heavy atom. The third-order valence-corrected chi connectivity index (χ3v) is 12.2. The fraction of sp³-hybridized carbons (Fsp3) is 0.500. The number of hydrogen-bond acceptors (Lipinski definition) is 6. The molecular weight excluding hydrogens is 498 g/mol. The highest BCUT2D eigenvalue weighted by Crippen LogP contribution is 2.44. The van der Waals surface area contributed by atoms with E-state index in [0.29, 0.717) is 12.8 Å². The van der Waals surface area contributed by atoms with E-state index in [-0.39, 0.29) is 18.6 Å². The zero-order chi connectivity index (χ0) is 27.6. The van der Waals surface area contributed by atoms with Gasteiger partial charge in [0, 0.05) is 6.92 Å². The summed E-state index contributed by atoms with van der Waals surface area (Å²) < 4.78 is 25.0. The van der Waals surface area contributed by atoms with Gasteiger partial charge in [-0.05, 0) is 42.1 Å². The van der Waals surface area contributed by atoms with Crippen LogP contribution in [0.2, 0.25) is 5.04 Å². The maximum atomic E-state index is 12.5. The van der Waals surface area contributed by atoms with E-state index in [2.05, 4.69) is 25.7 Å². The standard InChI is InChI=1S/C30H41NO6Si/c1-7-20-34-28-25(31-21(2)32)27-26(36-30(5,6)37-27)24(35-28)18-19-29(3,4)38(33,22-14-10-8-11-15-22)23-16-12-9-13-17-23/h7-17,24-28,33H,1,18-20H2,2-6H3,(H,31,32). The summed E-state index contributed by atoms with van der Waals surface area (Å²) in [6.45, 7) is 13.5. The van der Waals surface area contributed by atoms with E-state index in [1.807, 2.05) is 74.5 Å². The first kappa shape index (κ1) is 28.7. The number of benzene rings is 2. The van der Waals surface area contributed by atoms with Crippen LogP contribution in [0.1, 0.15) is 47.5 Å². The molecule has 206 valence electrons. The van der Waals surface area contributed by atoms with Gasteiger partial charge in [-0.2, -0.15) is 0 Å². The molecule has 2 N–H and O–H groups in total. The molecule has 2 heterocycles. The molecule has 1 amide bonds. The molecule has 0 spiro atoms. The second-order valence-corrected chi connectivity index (χ2v) is 15.3. The summed E-state index contributed by atoms with van der Waals surface area (Å²) in [6, 6.07) is 19.5. The third-order valence-electron chi connectivity index (χ3n) is 7.65. The van der Waals surface area contributed by atoms with Crippen molar-refractivity contribution in [2.75, 3.05) is 6.61 Å². The number of fused-ring (bicyclic) bond motifs is 1. The molecule has 5 atom stereocenters. The van der Waals surface area contributed by atoms with Gasteiger partial charge in [0.15, 0.2) is 12.1 Å². The van der Waals surface area contributed by atoms with E-state index >= 15 is 0 Å². The molecular formula is C30H41NO6Si. The van der Waals surface area contributed by atoms with Crippen LogP contribution in [-0.4, -0.2) is 62.1 Å². The van der Waals surface area contributed by atoms with Gasteiger partial charge in [0.05, 0.1) is 12.7 Å². The Balaban J connectivity index is 1.63. The average Bonchev–Trinajstić information content (AvgIpc) is 3.22. The fourth-order valence-corrected chi connectivity index (χ4v) is 9.54. The number of rotatable bonds is 10. The summed E-state index contributed by atoms with van der Waals surface area (Å²) in [5.74, 6) is -1.03. The lowest BCUT2D eigenvalue weighted by molar-refractivity contribution is -0.242. The highest BCUT2D eigenvalue weighted by atomic mass is 28.4. The Labute approximate surface area is 227 Å². The van der Waals surface area contributed by atoms with Crippen molar-refractivity contribution in [2.45, 2.75) is 88.9 Å². The van der Waals surface area contributed by atoms with Crippen molar-refractivity contribution in [3.05, 3.63) is 73.3 Å². The van der Waals surface area contributed by atoms with Gasteiger partial charge < -0.3 is 29.1 Å². The summed E-state index contributed by atoms with van der Waals surface area (Å²) in [4.78, 5) is 24.6. The van der Waals surface area contributed by atoms with E-state index in [4.69, 9.17) is 18.9 Å². The van der Waals surface area contributed by atoms with Gasteiger partial charge in [-0.15, -0.1) is 6.58 Å². The number of carbonyl (C=O) groups is 1. The molecule has 4 rings (SSSR count). The number of carbonyl (C=O) groups excluding carboxylic acids is 1. The smallest absolute Gasteiger partial charge is 0.258 e. The molecule has 0 radical (unpaired) electrons. The van der Waals surface area contributed by atoms with Crippen molar-refractivity contribution in [1.82, 2.24) is 5.32 Å². The van der Waals surface area contributed by atoms with Crippen LogP contribution in [-0.2, 0) is 23.7 Å². The first-order valence-corrected chi connectivity index (χ1v) is 15.3. The summed E-state index contributed by atoms with van der Waals surface area (Å²) in [5, 5.41) is 4.44. The first-order chi connectivity index (χ1) is 18.0. The van der Waals surface area contributed by atoms with Gasteiger partial charge in [-0.3, -0.25) is 4.79 Å². The summed E-state index contributed by atoms with van der Waals surface area (Å²) in [7, 11) is -3.18. The third kappa shape index (κ3) is 5.81. The lowest BCUT2D eigenvalue weighted by Crippen LogP contribution is -2.66. The fourth-order valence-electron chi connectivity index (χ4n) is 5.79. The molecule has 0 aliphatic carbocycles. The predicted molar refractivity (Wildman–Crippen MR) is 150 cm³/mol. The lowest BCUT2D eigenvalue weighted by atomic mass is 9.92. The number of hydrogen-bond donors (Lipinski definition) is 2. The molecule has 2 aliphatic rings. The van der Waals surface area contributed by atoms with Crippen LogP contribution in [0.25, 0.3) is 0 Å². The number of amides is 1. The molecule has 2 aromatic carbocycles. The van der Waals surface area contributed by atoms with Gasteiger partial charge in [0.1, 0.15) is 18.2 Å².